The number of hydrogen-bond donors (Lipinski definition) is 4. The Morgan fingerprint density at radius 1 is 1.27 bits per heavy atom. The van der Waals surface area contributed by atoms with Crippen molar-refractivity contribution in [3.8, 4) is 0 Å². The maximum atomic E-state index is 12.7. The Kier molecular flexibility index (Phi) is 11.3. The predicted molar refractivity (Wildman–Crippen MR) is 129 cm³/mol. The fourth-order valence-corrected chi connectivity index (χ4v) is 3.74. The van der Waals surface area contributed by atoms with Crippen LogP contribution in [0.2, 0.25) is 5.02 Å². The van der Waals surface area contributed by atoms with Gasteiger partial charge < -0.3 is 26.6 Å². The average Bonchev–Trinajstić information content (AvgIpc) is 2.71. The summed E-state index contributed by atoms with van der Waals surface area (Å²) in [5, 5.41) is 19.7. The minimum absolute atomic E-state index is 0.0739. The maximum absolute atomic E-state index is 12.7. The van der Waals surface area contributed by atoms with Gasteiger partial charge in [-0.3, -0.25) is 19.3 Å². The van der Waals surface area contributed by atoms with Crippen LogP contribution in [-0.4, -0.2) is 70.2 Å². The lowest BCUT2D eigenvalue weighted by molar-refractivity contribution is -0.142. The fourth-order valence-electron chi connectivity index (χ4n) is 3.50. The topological polar surface area (TPSA) is 150 Å². The molecule has 0 saturated carbocycles. The third-order valence-electron chi connectivity index (χ3n) is 5.61. The van der Waals surface area contributed by atoms with Gasteiger partial charge in [0, 0.05) is 31.1 Å². The van der Waals surface area contributed by atoms with E-state index in [0.717, 1.165) is 6.42 Å². The number of hydrogen-bond acceptors (Lipinski definition) is 6. The number of anilines is 1. The molecule has 3 unspecified atom stereocenters. The number of carboxylic acids is 1. The number of carbonyl (C=O) groups is 3. The molecule has 2 amide bonds. The molecule has 1 aliphatic heterocycles. The zero-order valence-corrected chi connectivity index (χ0v) is 20.6. The van der Waals surface area contributed by atoms with Crippen LogP contribution in [0.1, 0.15) is 47.0 Å². The second kappa shape index (κ2) is 12.9. The van der Waals surface area contributed by atoms with Gasteiger partial charge in [0.15, 0.2) is 0 Å². The maximum Gasteiger partial charge on any atom is 0.306 e. The quantitative estimate of drug-likeness (QED) is 0.417. The second-order valence-electron chi connectivity index (χ2n) is 9.05. The van der Waals surface area contributed by atoms with Crippen molar-refractivity contribution in [2.24, 2.45) is 17.4 Å². The van der Waals surface area contributed by atoms with Crippen LogP contribution in [0.5, 0.6) is 0 Å². The van der Waals surface area contributed by atoms with Gasteiger partial charge in [-0.1, -0.05) is 37.6 Å². The van der Waals surface area contributed by atoms with E-state index in [1.807, 2.05) is 43.9 Å². The van der Waals surface area contributed by atoms with Crippen LogP contribution in [-0.2, 0) is 14.4 Å². The lowest BCUT2D eigenvalue weighted by Gasteiger charge is -2.47. The van der Waals surface area contributed by atoms with Crippen LogP contribution in [0.15, 0.2) is 24.3 Å². The first-order valence-electron chi connectivity index (χ1n) is 11.0. The highest BCUT2D eigenvalue weighted by molar-refractivity contribution is 6.33. The van der Waals surface area contributed by atoms with Crippen molar-refractivity contribution in [1.29, 1.82) is 0 Å². The summed E-state index contributed by atoms with van der Waals surface area (Å²) in [6, 6.07) is 6.57. The van der Waals surface area contributed by atoms with Crippen LogP contribution in [0, 0.1) is 5.92 Å². The van der Waals surface area contributed by atoms with Gasteiger partial charge in [0.1, 0.15) is 0 Å². The van der Waals surface area contributed by atoms with E-state index in [4.69, 9.17) is 28.2 Å². The molecule has 1 aromatic carbocycles. The van der Waals surface area contributed by atoms with E-state index in [9.17, 15) is 19.5 Å². The molecule has 1 saturated heterocycles. The summed E-state index contributed by atoms with van der Waals surface area (Å²) >= 11 is 6.24. The summed E-state index contributed by atoms with van der Waals surface area (Å²) in [4.78, 5) is 37.1. The smallest absolute Gasteiger partial charge is 0.306 e. The summed E-state index contributed by atoms with van der Waals surface area (Å²) in [5.74, 6) is -1.96. The Bertz CT molecular complexity index is 820. The van der Waals surface area contributed by atoms with Crippen LogP contribution in [0.25, 0.3) is 0 Å². The van der Waals surface area contributed by atoms with E-state index >= 15 is 0 Å². The highest BCUT2D eigenvalue weighted by Crippen LogP contribution is 2.31. The molecule has 33 heavy (non-hydrogen) atoms. The SMILES string of the molecule is CC(CC(O)C(N)CN1CC(=O)N(c2ccccc2Cl)CC1(C)C)C(=O)O.CCCC(N)=O. The number of benzene rings is 1. The van der Waals surface area contributed by atoms with Gasteiger partial charge in [-0.05, 0) is 38.8 Å². The monoisotopic (exact) mass is 484 g/mol. The molecule has 0 radical (unpaired) electrons. The van der Waals surface area contributed by atoms with E-state index in [2.05, 4.69) is 0 Å². The Balaban J connectivity index is 0.000000801. The molecular formula is C23H37ClN4O5. The van der Waals surface area contributed by atoms with Crippen LogP contribution >= 0.6 is 11.6 Å². The number of aliphatic hydroxyl groups is 1. The first-order valence-corrected chi connectivity index (χ1v) is 11.4. The Morgan fingerprint density at radius 3 is 2.36 bits per heavy atom. The number of carbonyl (C=O) groups excluding carboxylic acids is 2. The summed E-state index contributed by atoms with van der Waals surface area (Å²) in [7, 11) is 0. The van der Waals surface area contributed by atoms with Crippen molar-refractivity contribution in [2.75, 3.05) is 24.5 Å². The standard InChI is InChI=1S/C19H28ClN3O4.C4H9NO/c1-12(18(26)27)8-16(24)14(21)9-22-10-17(25)23(11-19(22,2)3)15-7-5-4-6-13(15)20;1-2-3-4(5)6/h4-7,12,14,16,24H,8-11,21H2,1-3H3,(H,26,27);2-3H2,1H3,(H2,5,6). The highest BCUT2D eigenvalue weighted by atomic mass is 35.5. The number of rotatable bonds is 9. The number of amides is 2. The number of nitrogens with zero attached hydrogens (tertiary/aromatic N) is 2. The zero-order valence-electron chi connectivity index (χ0n) is 19.8. The first kappa shape index (κ1) is 28.8. The van der Waals surface area contributed by atoms with E-state index < -0.39 is 24.0 Å². The number of halogens is 1. The van der Waals surface area contributed by atoms with Gasteiger partial charge in [-0.2, -0.15) is 0 Å². The number of aliphatic hydroxyl groups excluding tert-OH is 1. The summed E-state index contributed by atoms with van der Waals surface area (Å²) in [5.41, 5.74) is 11.2. The largest absolute Gasteiger partial charge is 0.481 e. The Morgan fingerprint density at radius 2 is 1.88 bits per heavy atom. The Hall–Kier alpha value is -2.20. The third kappa shape index (κ3) is 8.92. The summed E-state index contributed by atoms with van der Waals surface area (Å²) in [6.07, 6.45) is 0.489. The molecule has 3 atom stereocenters. The van der Waals surface area contributed by atoms with Gasteiger partial charge in [0.05, 0.1) is 29.3 Å². The molecule has 9 nitrogen and oxygen atoms in total. The number of piperazine rings is 1. The van der Waals surface area contributed by atoms with Crippen molar-refractivity contribution in [3.63, 3.8) is 0 Å². The van der Waals surface area contributed by atoms with Crippen molar-refractivity contribution in [3.05, 3.63) is 29.3 Å². The van der Waals surface area contributed by atoms with Gasteiger partial charge in [0.2, 0.25) is 11.8 Å². The first-order chi connectivity index (χ1) is 15.3. The van der Waals surface area contributed by atoms with Crippen molar-refractivity contribution < 1.29 is 24.6 Å². The normalized spacial score (nSPS) is 18.6. The summed E-state index contributed by atoms with van der Waals surface area (Å²) in [6.45, 7) is 8.34. The molecule has 1 aliphatic rings. The summed E-state index contributed by atoms with van der Waals surface area (Å²) < 4.78 is 0. The van der Waals surface area contributed by atoms with E-state index in [-0.39, 0.29) is 30.3 Å². The van der Waals surface area contributed by atoms with Gasteiger partial charge in [-0.25, -0.2) is 0 Å². The molecule has 0 bridgehead atoms. The Labute approximate surface area is 200 Å². The number of nitrogens with two attached hydrogens (primary N) is 2. The van der Waals surface area contributed by atoms with Crippen molar-refractivity contribution >= 4 is 35.1 Å². The third-order valence-corrected chi connectivity index (χ3v) is 5.93. The number of para-hydroxylation sites is 1. The van der Waals surface area contributed by atoms with Crippen molar-refractivity contribution in [2.45, 2.75) is 64.6 Å². The minimum atomic E-state index is -0.967. The molecule has 1 fully saturated rings. The second-order valence-corrected chi connectivity index (χ2v) is 9.45. The van der Waals surface area contributed by atoms with E-state index in [1.165, 1.54) is 6.92 Å². The van der Waals surface area contributed by atoms with Gasteiger partial charge in [-0.15, -0.1) is 0 Å². The minimum Gasteiger partial charge on any atom is -0.481 e. The predicted octanol–water partition coefficient (Wildman–Crippen LogP) is 1.84. The van der Waals surface area contributed by atoms with Crippen LogP contribution in [0.4, 0.5) is 5.69 Å². The molecule has 2 rings (SSSR count). The number of aliphatic carboxylic acids is 1. The molecule has 6 N–H and O–H groups in total. The number of carboxylic acid groups (broad SMARTS) is 1. The molecule has 0 aliphatic carbocycles. The number of primary amides is 1. The van der Waals surface area contributed by atoms with Gasteiger partial charge in [0.25, 0.3) is 0 Å². The van der Waals surface area contributed by atoms with Gasteiger partial charge >= 0.3 is 5.97 Å². The lowest BCUT2D eigenvalue weighted by atomic mass is 9.94. The highest BCUT2D eigenvalue weighted by Gasteiger charge is 2.40. The molecular weight excluding hydrogens is 448 g/mol. The molecule has 0 spiro atoms. The lowest BCUT2D eigenvalue weighted by Crippen LogP contribution is -2.64. The molecule has 10 heteroatoms. The zero-order chi connectivity index (χ0) is 25.3. The molecule has 0 aromatic heterocycles. The van der Waals surface area contributed by atoms with Crippen LogP contribution in [0.3, 0.4) is 0 Å². The van der Waals surface area contributed by atoms with Crippen molar-refractivity contribution in [1.82, 2.24) is 4.90 Å². The van der Waals surface area contributed by atoms with E-state index in [0.29, 0.717) is 30.2 Å². The molecule has 186 valence electrons. The molecule has 1 aromatic rings. The van der Waals surface area contributed by atoms with Crippen LogP contribution < -0.4 is 16.4 Å². The molecule has 1 heterocycles. The average molecular weight is 485 g/mol. The fraction of sp³-hybridized carbons (Fsp3) is 0.609. The van der Waals surface area contributed by atoms with E-state index in [1.54, 1.807) is 11.0 Å².